The lowest BCUT2D eigenvalue weighted by atomic mass is 9.95. The summed E-state index contributed by atoms with van der Waals surface area (Å²) in [7, 11) is 3.98. The number of hydrogen-bond donors (Lipinski definition) is 0. The average molecular weight is 174 g/mol. The van der Waals surface area contributed by atoms with Crippen LogP contribution in [0.3, 0.4) is 0 Å². The van der Waals surface area contributed by atoms with Gasteiger partial charge in [-0.3, -0.25) is 9.89 Å². The Bertz CT molecular complexity index is 321. The third-order valence-corrected chi connectivity index (χ3v) is 2.54. The molecule has 0 spiro atoms. The standard InChI is InChI=1S/C11H14N2/c1-12-10-7-9-5-3-4-6-11(9)13(2)8-10/h3-7,11H,8H2,1-2H3. The van der Waals surface area contributed by atoms with Crippen molar-refractivity contribution in [3.05, 3.63) is 36.0 Å². The van der Waals surface area contributed by atoms with Crippen molar-refractivity contribution in [1.82, 2.24) is 4.90 Å². The van der Waals surface area contributed by atoms with Crippen molar-refractivity contribution in [2.45, 2.75) is 6.04 Å². The minimum absolute atomic E-state index is 0.454. The summed E-state index contributed by atoms with van der Waals surface area (Å²) in [6.45, 7) is 0.947. The van der Waals surface area contributed by atoms with Crippen LogP contribution in [-0.2, 0) is 0 Å². The summed E-state index contributed by atoms with van der Waals surface area (Å²) >= 11 is 0. The van der Waals surface area contributed by atoms with Gasteiger partial charge in [-0.1, -0.05) is 24.3 Å². The third kappa shape index (κ3) is 1.49. The molecule has 0 radical (unpaired) electrons. The minimum atomic E-state index is 0.454. The van der Waals surface area contributed by atoms with E-state index in [0.29, 0.717) is 6.04 Å². The first-order valence-electron chi connectivity index (χ1n) is 4.53. The Labute approximate surface area is 79.0 Å². The molecule has 1 atom stereocenters. The monoisotopic (exact) mass is 174 g/mol. The van der Waals surface area contributed by atoms with Crippen LogP contribution in [0, 0.1) is 0 Å². The zero-order valence-electron chi connectivity index (χ0n) is 8.07. The highest BCUT2D eigenvalue weighted by Crippen LogP contribution is 2.20. The molecule has 2 nitrogen and oxygen atoms in total. The number of aliphatic imine (C=N–C) groups is 1. The largest absolute Gasteiger partial charge is 0.292 e. The minimum Gasteiger partial charge on any atom is -0.292 e. The fraction of sp³-hybridized carbons (Fsp3) is 0.364. The molecule has 2 heteroatoms. The molecule has 0 fully saturated rings. The first-order chi connectivity index (χ1) is 6.31. The molecule has 1 unspecified atom stereocenters. The number of fused-ring (bicyclic) bond motifs is 1. The van der Waals surface area contributed by atoms with E-state index < -0.39 is 0 Å². The van der Waals surface area contributed by atoms with Crippen LogP contribution >= 0.6 is 0 Å². The van der Waals surface area contributed by atoms with Crippen LogP contribution in [0.1, 0.15) is 0 Å². The van der Waals surface area contributed by atoms with E-state index in [9.17, 15) is 0 Å². The molecule has 2 rings (SSSR count). The molecular weight excluding hydrogens is 160 g/mol. The van der Waals surface area contributed by atoms with Crippen molar-refractivity contribution in [3.63, 3.8) is 0 Å². The maximum atomic E-state index is 4.23. The second-order valence-electron chi connectivity index (χ2n) is 3.46. The second-order valence-corrected chi connectivity index (χ2v) is 3.46. The highest BCUT2D eigenvalue weighted by Gasteiger charge is 2.22. The van der Waals surface area contributed by atoms with Gasteiger partial charge in [-0.15, -0.1) is 0 Å². The van der Waals surface area contributed by atoms with E-state index in [4.69, 9.17) is 0 Å². The van der Waals surface area contributed by atoms with Gasteiger partial charge in [0.2, 0.25) is 0 Å². The second kappa shape index (κ2) is 3.30. The summed E-state index contributed by atoms with van der Waals surface area (Å²) in [4.78, 5) is 6.53. The van der Waals surface area contributed by atoms with E-state index in [-0.39, 0.29) is 0 Å². The van der Waals surface area contributed by atoms with Crippen LogP contribution in [0.15, 0.2) is 40.9 Å². The van der Waals surface area contributed by atoms with E-state index in [1.807, 2.05) is 7.05 Å². The quantitative estimate of drug-likeness (QED) is 0.542. The molecular formula is C11H14N2. The number of rotatable bonds is 0. The predicted molar refractivity (Wildman–Crippen MR) is 56.1 cm³/mol. The van der Waals surface area contributed by atoms with Gasteiger partial charge in [0.05, 0.1) is 6.04 Å². The van der Waals surface area contributed by atoms with Crippen LogP contribution in [0.25, 0.3) is 0 Å². The van der Waals surface area contributed by atoms with Crippen LogP contribution in [0.2, 0.25) is 0 Å². The van der Waals surface area contributed by atoms with E-state index in [0.717, 1.165) is 12.3 Å². The highest BCUT2D eigenvalue weighted by atomic mass is 15.1. The van der Waals surface area contributed by atoms with Crippen LogP contribution < -0.4 is 0 Å². The molecule has 0 aromatic rings. The Hall–Kier alpha value is -1.15. The first-order valence-corrected chi connectivity index (χ1v) is 4.53. The summed E-state index contributed by atoms with van der Waals surface area (Å²) in [5, 5.41) is 0. The molecule has 13 heavy (non-hydrogen) atoms. The van der Waals surface area contributed by atoms with Crippen molar-refractivity contribution in [2.24, 2.45) is 4.99 Å². The maximum Gasteiger partial charge on any atom is 0.0536 e. The van der Waals surface area contributed by atoms with Gasteiger partial charge in [0.1, 0.15) is 0 Å². The Morgan fingerprint density at radius 2 is 2.31 bits per heavy atom. The molecule has 1 aliphatic heterocycles. The highest BCUT2D eigenvalue weighted by molar-refractivity contribution is 5.98. The molecule has 0 saturated carbocycles. The Balaban J connectivity index is 2.36. The molecule has 68 valence electrons. The van der Waals surface area contributed by atoms with Gasteiger partial charge in [0.15, 0.2) is 0 Å². The molecule has 0 amide bonds. The average Bonchev–Trinajstić information content (AvgIpc) is 2.18. The summed E-state index contributed by atoms with van der Waals surface area (Å²) < 4.78 is 0. The number of allylic oxidation sites excluding steroid dienone is 2. The van der Waals surface area contributed by atoms with Crippen molar-refractivity contribution in [1.29, 1.82) is 0 Å². The fourth-order valence-electron chi connectivity index (χ4n) is 1.81. The zero-order valence-corrected chi connectivity index (χ0v) is 8.07. The molecule has 0 aromatic heterocycles. The van der Waals surface area contributed by atoms with Gasteiger partial charge >= 0.3 is 0 Å². The summed E-state index contributed by atoms with van der Waals surface area (Å²) in [5.41, 5.74) is 2.51. The van der Waals surface area contributed by atoms with Gasteiger partial charge in [-0.05, 0) is 18.7 Å². The Kier molecular flexibility index (Phi) is 2.15. The van der Waals surface area contributed by atoms with Gasteiger partial charge in [0.25, 0.3) is 0 Å². The Morgan fingerprint density at radius 1 is 1.46 bits per heavy atom. The third-order valence-electron chi connectivity index (χ3n) is 2.54. The molecule has 0 saturated heterocycles. The molecule has 1 heterocycles. The number of likely N-dealkylation sites (N-methyl/N-ethyl adjacent to an activating group) is 1. The fourth-order valence-corrected chi connectivity index (χ4v) is 1.81. The van der Waals surface area contributed by atoms with E-state index in [2.05, 4.69) is 47.3 Å². The molecule has 2 aliphatic rings. The lowest BCUT2D eigenvalue weighted by molar-refractivity contribution is 0.349. The number of hydrogen-bond acceptors (Lipinski definition) is 2. The smallest absolute Gasteiger partial charge is 0.0536 e. The SMILES string of the molecule is CN=C1C=C2C=CC=CC2N(C)C1. The van der Waals surface area contributed by atoms with Gasteiger partial charge in [-0.25, -0.2) is 0 Å². The molecule has 0 aromatic carbocycles. The normalized spacial score (nSPS) is 30.5. The van der Waals surface area contributed by atoms with Crippen molar-refractivity contribution < 1.29 is 0 Å². The maximum absolute atomic E-state index is 4.23. The summed E-state index contributed by atoms with van der Waals surface area (Å²) in [6.07, 6.45) is 10.7. The lowest BCUT2D eigenvalue weighted by Gasteiger charge is -2.32. The van der Waals surface area contributed by atoms with Gasteiger partial charge < -0.3 is 0 Å². The zero-order chi connectivity index (χ0) is 9.26. The first kappa shape index (κ1) is 8.45. The van der Waals surface area contributed by atoms with E-state index in [1.165, 1.54) is 5.57 Å². The molecule has 1 aliphatic carbocycles. The van der Waals surface area contributed by atoms with E-state index in [1.54, 1.807) is 0 Å². The predicted octanol–water partition coefficient (Wildman–Crippen LogP) is 1.42. The van der Waals surface area contributed by atoms with Crippen LogP contribution in [-0.4, -0.2) is 37.3 Å². The number of nitrogens with zero attached hydrogens (tertiary/aromatic N) is 2. The van der Waals surface area contributed by atoms with Gasteiger partial charge in [0, 0.05) is 19.3 Å². The van der Waals surface area contributed by atoms with Crippen molar-refractivity contribution >= 4 is 5.71 Å². The summed E-state index contributed by atoms with van der Waals surface area (Å²) in [5.74, 6) is 0. The lowest BCUT2D eigenvalue weighted by Crippen LogP contribution is -2.39. The Morgan fingerprint density at radius 3 is 3.08 bits per heavy atom. The van der Waals surface area contributed by atoms with Crippen LogP contribution in [0.5, 0.6) is 0 Å². The summed E-state index contributed by atoms with van der Waals surface area (Å²) in [6, 6.07) is 0.454. The van der Waals surface area contributed by atoms with Crippen LogP contribution in [0.4, 0.5) is 0 Å². The van der Waals surface area contributed by atoms with Gasteiger partial charge in [-0.2, -0.15) is 0 Å². The van der Waals surface area contributed by atoms with Crippen molar-refractivity contribution in [2.75, 3.05) is 20.6 Å². The molecule has 0 N–H and O–H groups in total. The van der Waals surface area contributed by atoms with E-state index >= 15 is 0 Å². The molecule has 0 bridgehead atoms. The van der Waals surface area contributed by atoms with Crippen molar-refractivity contribution in [3.8, 4) is 0 Å². The topological polar surface area (TPSA) is 15.6 Å².